The fourth-order valence-electron chi connectivity index (χ4n) is 0.602. The Kier molecular flexibility index (Phi) is 2.41. The molecule has 0 N–H and O–H groups in total. The van der Waals surface area contributed by atoms with Gasteiger partial charge in [0.2, 0.25) is 0 Å². The van der Waals surface area contributed by atoms with Crippen LogP contribution in [0, 0.1) is 0 Å². The van der Waals surface area contributed by atoms with Crippen molar-refractivity contribution in [1.29, 1.82) is 0 Å². The molecule has 0 fully saturated rings. The molecule has 2 heteroatoms. The predicted octanol–water partition coefficient (Wildman–Crippen LogP) is 1.18. The van der Waals surface area contributed by atoms with E-state index in [-0.39, 0.29) is 0 Å². The molecule has 0 bridgehead atoms. The highest BCUT2D eigenvalue weighted by atomic mass is 31.1. The first-order valence-electron chi connectivity index (χ1n) is 2.69. The van der Waals surface area contributed by atoms with Crippen LogP contribution >= 0.6 is 8.58 Å². The van der Waals surface area contributed by atoms with Crippen LogP contribution in [0.1, 0.15) is 0 Å². The first-order valence-corrected chi connectivity index (χ1v) is 3.76. The van der Waals surface area contributed by atoms with Crippen LogP contribution in [-0.4, -0.2) is 6.03 Å². The molecule has 1 aromatic rings. The predicted molar refractivity (Wildman–Crippen MR) is 41.1 cm³/mol. The van der Waals surface area contributed by atoms with E-state index in [1.807, 2.05) is 30.3 Å². The third-order valence-corrected chi connectivity index (χ3v) is 1.78. The van der Waals surface area contributed by atoms with Gasteiger partial charge in [0.1, 0.15) is 6.03 Å². The number of benzene rings is 1. The lowest BCUT2D eigenvalue weighted by atomic mass is 10.4. The number of carbonyl (C=O) groups is 1. The van der Waals surface area contributed by atoms with Crippen LogP contribution in [0.5, 0.6) is 0 Å². The van der Waals surface area contributed by atoms with E-state index in [9.17, 15) is 4.79 Å². The smallest absolute Gasteiger partial charge is 0.143 e. The number of carbonyl (C=O) groups excluding carboxylic acids is 1. The van der Waals surface area contributed by atoms with Crippen molar-refractivity contribution in [3.8, 4) is 0 Å². The van der Waals surface area contributed by atoms with Crippen LogP contribution in [0.3, 0.4) is 0 Å². The third-order valence-electron chi connectivity index (χ3n) is 0.999. The summed E-state index contributed by atoms with van der Waals surface area (Å²) in [6, 6.07) is 10.7. The Bertz CT molecular complexity index is 183. The molecule has 46 valence electrons. The molecule has 0 aromatic heterocycles. The second-order valence-corrected chi connectivity index (χ2v) is 2.73. The summed E-state index contributed by atoms with van der Waals surface area (Å²) >= 11 is 0. The normalized spacial score (nSPS) is 10.2. The minimum absolute atomic E-state index is 0.307. The molecule has 0 amide bonds. The Morgan fingerprint density at radius 1 is 1.22 bits per heavy atom. The molecular weight excluding hydrogens is 131 g/mol. The molecule has 1 aromatic carbocycles. The van der Waals surface area contributed by atoms with Gasteiger partial charge >= 0.3 is 0 Å². The second-order valence-electron chi connectivity index (χ2n) is 1.63. The molecule has 1 unspecified atom stereocenters. The zero-order valence-corrected chi connectivity index (χ0v) is 5.87. The first-order chi connectivity index (χ1) is 4.43. The molecule has 0 aliphatic carbocycles. The molecule has 0 aliphatic rings. The Hall–Kier alpha value is -0.680. The average Bonchev–Trinajstić information content (AvgIpc) is 1.91. The summed E-state index contributed by atoms with van der Waals surface area (Å²) in [5.41, 5.74) is 0. The van der Waals surface area contributed by atoms with Crippen molar-refractivity contribution in [3.05, 3.63) is 30.3 Å². The average molecular weight is 138 g/mol. The maximum Gasteiger partial charge on any atom is 0.143 e. The van der Waals surface area contributed by atoms with E-state index in [0.29, 0.717) is 8.58 Å². The van der Waals surface area contributed by atoms with E-state index in [1.165, 1.54) is 0 Å². The molecule has 0 spiro atoms. The minimum Gasteiger partial charge on any atom is -0.298 e. The van der Waals surface area contributed by atoms with E-state index >= 15 is 0 Å². The second kappa shape index (κ2) is 3.37. The van der Waals surface area contributed by atoms with Gasteiger partial charge in [-0.25, -0.2) is 0 Å². The standard InChI is InChI=1S/C7H7OP/c8-6-9-7-4-2-1-3-5-7/h1-6,9H. The summed E-state index contributed by atoms with van der Waals surface area (Å²) in [5.74, 6) is 0. The lowest BCUT2D eigenvalue weighted by Crippen LogP contribution is -1.89. The Balaban J connectivity index is 2.72. The van der Waals surface area contributed by atoms with Crippen molar-refractivity contribution in [1.82, 2.24) is 0 Å². The molecule has 1 nitrogen and oxygen atoms in total. The monoisotopic (exact) mass is 138 g/mol. The summed E-state index contributed by atoms with van der Waals surface area (Å²) in [6.07, 6.45) is 0. The van der Waals surface area contributed by atoms with Crippen molar-refractivity contribution in [2.45, 2.75) is 0 Å². The maximum absolute atomic E-state index is 9.99. The fraction of sp³-hybridized carbons (Fsp3) is 0. The minimum atomic E-state index is 0.307. The Morgan fingerprint density at radius 2 is 1.89 bits per heavy atom. The lowest BCUT2D eigenvalue weighted by Gasteiger charge is -1.89. The first kappa shape index (κ1) is 6.44. The number of rotatable bonds is 2. The zero-order valence-electron chi connectivity index (χ0n) is 4.87. The van der Waals surface area contributed by atoms with Crippen molar-refractivity contribution >= 4 is 19.9 Å². The third kappa shape index (κ3) is 1.95. The van der Waals surface area contributed by atoms with Gasteiger partial charge in [0.25, 0.3) is 0 Å². The van der Waals surface area contributed by atoms with Gasteiger partial charge in [-0.2, -0.15) is 0 Å². The molecule has 0 saturated carbocycles. The van der Waals surface area contributed by atoms with Crippen LogP contribution < -0.4 is 5.30 Å². The summed E-state index contributed by atoms with van der Waals surface area (Å²) in [7, 11) is 0.307. The zero-order chi connectivity index (χ0) is 6.53. The maximum atomic E-state index is 9.99. The van der Waals surface area contributed by atoms with Crippen LogP contribution in [0.2, 0.25) is 0 Å². The van der Waals surface area contributed by atoms with E-state index in [0.717, 1.165) is 11.3 Å². The summed E-state index contributed by atoms with van der Waals surface area (Å²) in [5, 5.41) is 1.10. The van der Waals surface area contributed by atoms with Crippen LogP contribution in [-0.2, 0) is 4.79 Å². The molecule has 1 rings (SSSR count). The lowest BCUT2D eigenvalue weighted by molar-refractivity contribution is 0.569. The van der Waals surface area contributed by atoms with Gasteiger partial charge in [-0.15, -0.1) is 0 Å². The molecule has 0 radical (unpaired) electrons. The van der Waals surface area contributed by atoms with Crippen LogP contribution in [0.15, 0.2) is 30.3 Å². The van der Waals surface area contributed by atoms with Crippen LogP contribution in [0.4, 0.5) is 0 Å². The van der Waals surface area contributed by atoms with Crippen molar-refractivity contribution in [2.75, 3.05) is 0 Å². The highest BCUT2D eigenvalue weighted by molar-refractivity contribution is 7.62. The van der Waals surface area contributed by atoms with Crippen molar-refractivity contribution in [3.63, 3.8) is 0 Å². The van der Waals surface area contributed by atoms with Gasteiger partial charge in [0.15, 0.2) is 0 Å². The van der Waals surface area contributed by atoms with E-state index < -0.39 is 0 Å². The van der Waals surface area contributed by atoms with Gasteiger partial charge in [-0.3, -0.25) is 4.79 Å². The number of hydrogen-bond donors (Lipinski definition) is 0. The van der Waals surface area contributed by atoms with Gasteiger partial charge < -0.3 is 0 Å². The van der Waals surface area contributed by atoms with Gasteiger partial charge in [0.05, 0.1) is 0 Å². The quantitative estimate of drug-likeness (QED) is 0.443. The summed E-state index contributed by atoms with van der Waals surface area (Å²) in [6.45, 7) is 0. The number of hydrogen-bond acceptors (Lipinski definition) is 1. The Morgan fingerprint density at radius 3 is 2.44 bits per heavy atom. The summed E-state index contributed by atoms with van der Waals surface area (Å²) < 4.78 is 0. The van der Waals surface area contributed by atoms with Gasteiger partial charge in [-0.05, 0) is 13.9 Å². The molecule has 1 atom stereocenters. The highest BCUT2D eigenvalue weighted by Gasteiger charge is 1.84. The van der Waals surface area contributed by atoms with E-state index in [2.05, 4.69) is 0 Å². The van der Waals surface area contributed by atoms with Crippen molar-refractivity contribution < 1.29 is 4.79 Å². The van der Waals surface area contributed by atoms with Crippen LogP contribution in [0.25, 0.3) is 0 Å². The largest absolute Gasteiger partial charge is 0.298 e. The van der Waals surface area contributed by atoms with Crippen molar-refractivity contribution in [2.24, 2.45) is 0 Å². The topological polar surface area (TPSA) is 17.1 Å². The SMILES string of the molecule is O=CPc1ccccc1. The van der Waals surface area contributed by atoms with Gasteiger partial charge in [-0.1, -0.05) is 30.3 Å². The molecule has 9 heavy (non-hydrogen) atoms. The molecular formula is C7H7OP. The molecule has 0 heterocycles. The van der Waals surface area contributed by atoms with Gasteiger partial charge in [0, 0.05) is 0 Å². The Labute approximate surface area is 55.9 Å². The fourth-order valence-corrected chi connectivity index (χ4v) is 1.12. The van der Waals surface area contributed by atoms with E-state index in [1.54, 1.807) is 0 Å². The summed E-state index contributed by atoms with van der Waals surface area (Å²) in [4.78, 5) is 9.99. The van der Waals surface area contributed by atoms with E-state index in [4.69, 9.17) is 0 Å². The molecule has 0 saturated heterocycles. The molecule has 0 aliphatic heterocycles. The highest BCUT2D eigenvalue weighted by Crippen LogP contribution is 2.02.